The van der Waals surface area contributed by atoms with E-state index in [0.29, 0.717) is 12.6 Å². The Kier molecular flexibility index (Phi) is 4.16. The maximum Gasteiger partial charge on any atom is 0.122 e. The van der Waals surface area contributed by atoms with Crippen molar-refractivity contribution in [2.24, 2.45) is 0 Å². The molecule has 0 spiro atoms. The van der Waals surface area contributed by atoms with Crippen LogP contribution in [-0.4, -0.2) is 24.8 Å². The van der Waals surface area contributed by atoms with Gasteiger partial charge in [0.2, 0.25) is 0 Å². The quantitative estimate of drug-likeness (QED) is 0.858. The van der Waals surface area contributed by atoms with Gasteiger partial charge < -0.3 is 15.2 Å². The Hall–Kier alpha value is -1.06. The minimum Gasteiger partial charge on any atom is -0.496 e. The van der Waals surface area contributed by atoms with Crippen molar-refractivity contribution in [3.8, 4) is 5.75 Å². The Morgan fingerprint density at radius 2 is 2.05 bits per heavy atom. The topological polar surface area (TPSA) is 41.5 Å². The van der Waals surface area contributed by atoms with Gasteiger partial charge in [0.25, 0.3) is 0 Å². The number of hydrogen-bond acceptors (Lipinski definition) is 3. The van der Waals surface area contributed by atoms with E-state index < -0.39 is 6.10 Å². The van der Waals surface area contributed by atoms with Crippen molar-refractivity contribution < 1.29 is 9.84 Å². The van der Waals surface area contributed by atoms with Crippen LogP contribution in [0.25, 0.3) is 0 Å². The molecule has 1 atom stereocenters. The molecule has 3 nitrogen and oxygen atoms in total. The Labute approximate surface area is 116 Å². The van der Waals surface area contributed by atoms with Crippen molar-refractivity contribution in [1.82, 2.24) is 5.32 Å². The molecule has 0 saturated heterocycles. The smallest absolute Gasteiger partial charge is 0.122 e. The molecular weight excluding hydrogens is 238 g/mol. The van der Waals surface area contributed by atoms with E-state index in [4.69, 9.17) is 4.74 Å². The number of methoxy groups -OCH3 is 1. The summed E-state index contributed by atoms with van der Waals surface area (Å²) >= 11 is 0. The largest absolute Gasteiger partial charge is 0.496 e. The molecule has 0 amide bonds. The summed E-state index contributed by atoms with van der Waals surface area (Å²) < 4.78 is 5.42. The fourth-order valence-corrected chi connectivity index (χ4v) is 2.20. The van der Waals surface area contributed by atoms with Gasteiger partial charge in [0, 0.05) is 12.6 Å². The first-order chi connectivity index (χ1) is 8.91. The molecule has 0 radical (unpaired) electrons. The number of ether oxygens (including phenoxy) is 1. The molecule has 1 saturated carbocycles. The fourth-order valence-electron chi connectivity index (χ4n) is 2.20. The predicted octanol–water partition coefficient (Wildman–Crippen LogP) is 2.78. The highest BCUT2D eigenvalue weighted by atomic mass is 16.5. The molecular formula is C16H25NO2. The molecule has 1 aliphatic rings. The highest BCUT2D eigenvalue weighted by Crippen LogP contribution is 2.33. The van der Waals surface area contributed by atoms with Crippen molar-refractivity contribution in [2.75, 3.05) is 13.7 Å². The van der Waals surface area contributed by atoms with Gasteiger partial charge in [-0.3, -0.25) is 0 Å². The summed E-state index contributed by atoms with van der Waals surface area (Å²) in [5, 5.41) is 13.6. The average molecular weight is 263 g/mol. The molecule has 1 fully saturated rings. The van der Waals surface area contributed by atoms with Crippen LogP contribution in [0.4, 0.5) is 0 Å². The van der Waals surface area contributed by atoms with Crippen LogP contribution in [0.5, 0.6) is 5.75 Å². The summed E-state index contributed by atoms with van der Waals surface area (Å²) in [5.41, 5.74) is 2.10. The first-order valence-electron chi connectivity index (χ1n) is 7.01. The van der Waals surface area contributed by atoms with E-state index in [1.54, 1.807) is 7.11 Å². The lowest BCUT2D eigenvalue weighted by Gasteiger charge is -2.24. The highest BCUT2D eigenvalue weighted by Gasteiger charge is 2.23. The Morgan fingerprint density at radius 1 is 1.37 bits per heavy atom. The molecule has 0 aliphatic heterocycles. The molecule has 0 bridgehead atoms. The lowest BCUT2D eigenvalue weighted by atomic mass is 9.85. The zero-order valence-corrected chi connectivity index (χ0v) is 12.4. The van der Waals surface area contributed by atoms with Gasteiger partial charge in [0.15, 0.2) is 0 Å². The summed E-state index contributed by atoms with van der Waals surface area (Å²) in [4.78, 5) is 0. The summed E-state index contributed by atoms with van der Waals surface area (Å²) in [7, 11) is 1.69. The summed E-state index contributed by atoms with van der Waals surface area (Å²) in [6, 6.07) is 6.59. The van der Waals surface area contributed by atoms with Gasteiger partial charge in [-0.25, -0.2) is 0 Å². The second-order valence-corrected chi connectivity index (χ2v) is 6.41. The number of benzene rings is 1. The monoisotopic (exact) mass is 263 g/mol. The van der Waals surface area contributed by atoms with Gasteiger partial charge in [0.1, 0.15) is 5.75 Å². The summed E-state index contributed by atoms with van der Waals surface area (Å²) in [6.45, 7) is 7.09. The van der Waals surface area contributed by atoms with Gasteiger partial charge in [-0.15, -0.1) is 0 Å². The SMILES string of the molecule is COc1ccc(C(O)CNC2CC2)cc1C(C)(C)C. The van der Waals surface area contributed by atoms with E-state index in [1.807, 2.05) is 12.1 Å². The Morgan fingerprint density at radius 3 is 2.58 bits per heavy atom. The molecule has 106 valence electrons. The third-order valence-electron chi connectivity index (χ3n) is 3.59. The highest BCUT2D eigenvalue weighted by molar-refractivity contribution is 5.42. The Bertz CT molecular complexity index is 433. The van der Waals surface area contributed by atoms with Crippen LogP contribution in [-0.2, 0) is 5.41 Å². The first kappa shape index (κ1) is 14.4. The van der Waals surface area contributed by atoms with Crippen LogP contribution in [0.2, 0.25) is 0 Å². The first-order valence-corrected chi connectivity index (χ1v) is 7.01. The third-order valence-corrected chi connectivity index (χ3v) is 3.59. The second-order valence-electron chi connectivity index (χ2n) is 6.41. The molecule has 1 aromatic carbocycles. The number of aliphatic hydroxyl groups excluding tert-OH is 1. The van der Waals surface area contributed by atoms with E-state index in [1.165, 1.54) is 12.8 Å². The minimum atomic E-state index is -0.451. The van der Waals surface area contributed by atoms with Crippen molar-refractivity contribution in [2.45, 2.75) is 51.2 Å². The maximum absolute atomic E-state index is 10.2. The summed E-state index contributed by atoms with van der Waals surface area (Å²) in [5.74, 6) is 0.888. The number of aliphatic hydroxyl groups is 1. The van der Waals surface area contributed by atoms with Crippen LogP contribution >= 0.6 is 0 Å². The molecule has 1 aliphatic carbocycles. The normalized spacial score (nSPS) is 17.3. The van der Waals surface area contributed by atoms with E-state index in [9.17, 15) is 5.11 Å². The van der Waals surface area contributed by atoms with Gasteiger partial charge in [-0.05, 0) is 41.5 Å². The second kappa shape index (κ2) is 5.51. The van der Waals surface area contributed by atoms with Crippen LogP contribution < -0.4 is 10.1 Å². The zero-order valence-electron chi connectivity index (χ0n) is 12.4. The van der Waals surface area contributed by atoms with Crippen molar-refractivity contribution in [1.29, 1.82) is 0 Å². The third kappa shape index (κ3) is 3.71. The van der Waals surface area contributed by atoms with Gasteiger partial charge in [0.05, 0.1) is 13.2 Å². The summed E-state index contributed by atoms with van der Waals surface area (Å²) in [6.07, 6.45) is 2.03. The molecule has 3 heteroatoms. The number of rotatable bonds is 5. The van der Waals surface area contributed by atoms with E-state index in [2.05, 4.69) is 32.2 Å². The van der Waals surface area contributed by atoms with Crippen molar-refractivity contribution >= 4 is 0 Å². The fraction of sp³-hybridized carbons (Fsp3) is 0.625. The molecule has 1 aromatic rings. The van der Waals surface area contributed by atoms with E-state index in [-0.39, 0.29) is 5.41 Å². The van der Waals surface area contributed by atoms with E-state index >= 15 is 0 Å². The molecule has 0 heterocycles. The standard InChI is InChI=1S/C16H25NO2/c1-16(2,3)13-9-11(5-8-15(13)19-4)14(18)10-17-12-6-7-12/h5,8-9,12,14,17-18H,6-7,10H2,1-4H3. The van der Waals surface area contributed by atoms with Gasteiger partial charge in [-0.1, -0.05) is 26.8 Å². The van der Waals surface area contributed by atoms with Gasteiger partial charge >= 0.3 is 0 Å². The number of hydrogen-bond donors (Lipinski definition) is 2. The van der Waals surface area contributed by atoms with Crippen LogP contribution in [0, 0.1) is 0 Å². The van der Waals surface area contributed by atoms with Crippen LogP contribution in [0.1, 0.15) is 50.8 Å². The number of nitrogens with one attached hydrogen (secondary N) is 1. The average Bonchev–Trinajstić information content (AvgIpc) is 3.18. The van der Waals surface area contributed by atoms with Crippen molar-refractivity contribution in [3.63, 3.8) is 0 Å². The minimum absolute atomic E-state index is 0.00495. The van der Waals surface area contributed by atoms with Gasteiger partial charge in [-0.2, -0.15) is 0 Å². The lowest BCUT2D eigenvalue weighted by molar-refractivity contribution is 0.174. The van der Waals surface area contributed by atoms with Crippen molar-refractivity contribution in [3.05, 3.63) is 29.3 Å². The molecule has 2 N–H and O–H groups in total. The molecule has 0 aromatic heterocycles. The molecule has 1 unspecified atom stereocenters. The lowest BCUT2D eigenvalue weighted by Crippen LogP contribution is -2.23. The molecule has 2 rings (SSSR count). The maximum atomic E-state index is 10.2. The van der Waals surface area contributed by atoms with E-state index in [0.717, 1.165) is 16.9 Å². The van der Waals surface area contributed by atoms with Crippen LogP contribution in [0.15, 0.2) is 18.2 Å². The Balaban J connectivity index is 2.16. The zero-order chi connectivity index (χ0) is 14.0. The predicted molar refractivity (Wildman–Crippen MR) is 77.7 cm³/mol. The molecule has 19 heavy (non-hydrogen) atoms. The van der Waals surface area contributed by atoms with Crippen LogP contribution in [0.3, 0.4) is 0 Å².